The third-order valence-electron chi connectivity index (χ3n) is 3.61. The summed E-state index contributed by atoms with van der Waals surface area (Å²) in [5, 5.41) is 8.70. The van der Waals surface area contributed by atoms with Crippen molar-refractivity contribution < 1.29 is 9.90 Å². The van der Waals surface area contributed by atoms with Crippen LogP contribution in [0.1, 0.15) is 39.0 Å². The minimum Gasteiger partial charge on any atom is -0.396 e. The number of piperidine rings is 1. The normalized spacial score (nSPS) is 20.4. The van der Waals surface area contributed by atoms with Crippen LogP contribution in [-0.4, -0.2) is 60.6 Å². The van der Waals surface area contributed by atoms with Crippen LogP contribution in [0.5, 0.6) is 0 Å². The Bertz CT molecular complexity index is 246. The first-order valence-corrected chi connectivity index (χ1v) is 7.20. The summed E-state index contributed by atoms with van der Waals surface area (Å²) in [6, 6.07) is 0. The highest BCUT2D eigenvalue weighted by Gasteiger charge is 2.21. The van der Waals surface area contributed by atoms with E-state index in [1.807, 2.05) is 11.9 Å². The third kappa shape index (κ3) is 5.83. The Hall–Kier alpha value is -0.610. The Labute approximate surface area is 111 Å². The van der Waals surface area contributed by atoms with Gasteiger partial charge in [-0.25, -0.2) is 0 Å². The van der Waals surface area contributed by atoms with E-state index in [0.717, 1.165) is 45.3 Å². The van der Waals surface area contributed by atoms with Crippen LogP contribution in [0.4, 0.5) is 0 Å². The van der Waals surface area contributed by atoms with Crippen LogP contribution in [0.15, 0.2) is 0 Å². The third-order valence-corrected chi connectivity index (χ3v) is 3.61. The number of hydrogen-bond acceptors (Lipinski definition) is 3. The molecule has 1 atom stereocenters. The number of carbonyl (C=O) groups is 1. The predicted molar refractivity (Wildman–Crippen MR) is 73.4 cm³/mol. The lowest BCUT2D eigenvalue weighted by Crippen LogP contribution is -2.44. The van der Waals surface area contributed by atoms with Crippen LogP contribution >= 0.6 is 0 Å². The van der Waals surface area contributed by atoms with Gasteiger partial charge in [-0.2, -0.15) is 0 Å². The van der Waals surface area contributed by atoms with Crippen molar-refractivity contribution in [2.75, 3.05) is 39.8 Å². The molecule has 0 aliphatic carbocycles. The summed E-state index contributed by atoms with van der Waals surface area (Å²) in [7, 11) is 2.00. The number of amides is 1. The first-order valence-electron chi connectivity index (χ1n) is 7.20. The highest BCUT2D eigenvalue weighted by molar-refractivity contribution is 5.78. The minimum atomic E-state index is 0.270. The van der Waals surface area contributed by atoms with E-state index in [0.29, 0.717) is 12.5 Å². The highest BCUT2D eigenvalue weighted by atomic mass is 16.2. The molecule has 4 heteroatoms. The quantitative estimate of drug-likeness (QED) is 0.699. The summed E-state index contributed by atoms with van der Waals surface area (Å²) in [5.74, 6) is 0.920. The molecular formula is C14H28N2O2. The van der Waals surface area contributed by atoms with Gasteiger partial charge in [-0.1, -0.05) is 6.92 Å². The average Bonchev–Trinajstić information content (AvgIpc) is 2.34. The molecular weight excluding hydrogens is 228 g/mol. The molecule has 4 nitrogen and oxygen atoms in total. The summed E-state index contributed by atoms with van der Waals surface area (Å²) < 4.78 is 0. The van der Waals surface area contributed by atoms with Crippen molar-refractivity contribution >= 4 is 5.91 Å². The Morgan fingerprint density at radius 1 is 1.39 bits per heavy atom. The van der Waals surface area contributed by atoms with Crippen molar-refractivity contribution in [1.82, 2.24) is 9.80 Å². The second-order valence-corrected chi connectivity index (χ2v) is 5.61. The maximum atomic E-state index is 12.1. The predicted octanol–water partition coefficient (Wildman–Crippen LogP) is 1.34. The topological polar surface area (TPSA) is 43.8 Å². The molecule has 0 aromatic carbocycles. The first-order chi connectivity index (χ1) is 8.63. The molecule has 0 radical (unpaired) electrons. The van der Waals surface area contributed by atoms with E-state index >= 15 is 0 Å². The molecule has 1 saturated heterocycles. The fourth-order valence-corrected chi connectivity index (χ4v) is 2.50. The monoisotopic (exact) mass is 256 g/mol. The van der Waals surface area contributed by atoms with Gasteiger partial charge in [0.15, 0.2) is 0 Å². The maximum absolute atomic E-state index is 12.1. The molecule has 1 unspecified atom stereocenters. The highest BCUT2D eigenvalue weighted by Crippen LogP contribution is 2.15. The summed E-state index contributed by atoms with van der Waals surface area (Å²) in [5.41, 5.74) is 0. The smallest absolute Gasteiger partial charge is 0.236 e. The molecule has 1 aliphatic rings. The molecule has 0 aromatic heterocycles. The van der Waals surface area contributed by atoms with E-state index < -0.39 is 0 Å². The zero-order chi connectivity index (χ0) is 13.4. The molecule has 0 saturated carbocycles. The number of nitrogens with zero attached hydrogens (tertiary/aromatic N) is 2. The number of rotatable bonds is 7. The van der Waals surface area contributed by atoms with Gasteiger partial charge in [-0.15, -0.1) is 0 Å². The maximum Gasteiger partial charge on any atom is 0.236 e. The average molecular weight is 256 g/mol. The van der Waals surface area contributed by atoms with Gasteiger partial charge in [0.25, 0.3) is 0 Å². The molecule has 1 rings (SSSR count). The van der Waals surface area contributed by atoms with Crippen molar-refractivity contribution in [2.24, 2.45) is 5.92 Å². The van der Waals surface area contributed by atoms with Crippen LogP contribution in [0.3, 0.4) is 0 Å². The van der Waals surface area contributed by atoms with Gasteiger partial charge >= 0.3 is 0 Å². The molecule has 18 heavy (non-hydrogen) atoms. The lowest BCUT2D eigenvalue weighted by Gasteiger charge is -2.32. The van der Waals surface area contributed by atoms with E-state index in [-0.39, 0.29) is 12.5 Å². The van der Waals surface area contributed by atoms with Gasteiger partial charge in [0.1, 0.15) is 0 Å². The Balaban J connectivity index is 2.17. The van der Waals surface area contributed by atoms with Gasteiger partial charge in [0.05, 0.1) is 6.54 Å². The minimum absolute atomic E-state index is 0.270. The van der Waals surface area contributed by atoms with E-state index in [4.69, 9.17) is 5.11 Å². The van der Waals surface area contributed by atoms with Gasteiger partial charge in [0, 0.05) is 19.7 Å². The SMILES string of the molecule is CC1CCCN(C(=O)CN(C)CCCCCO)C1. The number of aliphatic hydroxyl groups excluding tert-OH is 1. The largest absolute Gasteiger partial charge is 0.396 e. The molecule has 1 N–H and O–H groups in total. The number of hydrogen-bond donors (Lipinski definition) is 1. The standard InChI is InChI=1S/C14H28N2O2/c1-13-7-6-9-16(11-13)14(18)12-15(2)8-4-3-5-10-17/h13,17H,3-12H2,1-2H3. The molecule has 0 bridgehead atoms. The van der Waals surface area contributed by atoms with Crippen molar-refractivity contribution in [3.8, 4) is 0 Å². The van der Waals surface area contributed by atoms with Gasteiger partial charge in [0.2, 0.25) is 5.91 Å². The van der Waals surface area contributed by atoms with Crippen LogP contribution in [0.2, 0.25) is 0 Å². The molecule has 1 aliphatic heterocycles. The number of likely N-dealkylation sites (N-methyl/N-ethyl adjacent to an activating group) is 1. The van der Waals surface area contributed by atoms with Crippen molar-refractivity contribution in [3.05, 3.63) is 0 Å². The zero-order valence-corrected chi connectivity index (χ0v) is 11.9. The molecule has 0 spiro atoms. The number of unbranched alkanes of at least 4 members (excludes halogenated alkanes) is 2. The Morgan fingerprint density at radius 2 is 2.17 bits per heavy atom. The van der Waals surface area contributed by atoms with E-state index in [1.54, 1.807) is 0 Å². The lowest BCUT2D eigenvalue weighted by atomic mass is 10.0. The number of carbonyl (C=O) groups excluding carboxylic acids is 1. The van der Waals surface area contributed by atoms with Crippen LogP contribution in [0.25, 0.3) is 0 Å². The molecule has 1 amide bonds. The summed E-state index contributed by atoms with van der Waals surface area (Å²) >= 11 is 0. The fourth-order valence-electron chi connectivity index (χ4n) is 2.50. The number of likely N-dealkylation sites (tertiary alicyclic amines) is 1. The van der Waals surface area contributed by atoms with Gasteiger partial charge in [-0.05, 0) is 51.6 Å². The Morgan fingerprint density at radius 3 is 2.83 bits per heavy atom. The van der Waals surface area contributed by atoms with E-state index in [1.165, 1.54) is 6.42 Å². The van der Waals surface area contributed by atoms with Crippen molar-refractivity contribution in [1.29, 1.82) is 0 Å². The molecule has 106 valence electrons. The molecule has 1 heterocycles. The molecule has 1 fully saturated rings. The lowest BCUT2D eigenvalue weighted by molar-refractivity contribution is -0.133. The molecule has 0 aromatic rings. The summed E-state index contributed by atoms with van der Waals surface area (Å²) in [6.07, 6.45) is 5.36. The second-order valence-electron chi connectivity index (χ2n) is 5.61. The summed E-state index contributed by atoms with van der Waals surface area (Å²) in [4.78, 5) is 16.2. The van der Waals surface area contributed by atoms with Crippen LogP contribution in [-0.2, 0) is 4.79 Å². The van der Waals surface area contributed by atoms with Crippen molar-refractivity contribution in [3.63, 3.8) is 0 Å². The Kier molecular flexibility index (Phi) is 7.28. The number of aliphatic hydroxyl groups is 1. The van der Waals surface area contributed by atoms with Crippen molar-refractivity contribution in [2.45, 2.75) is 39.0 Å². The zero-order valence-electron chi connectivity index (χ0n) is 11.9. The second kappa shape index (κ2) is 8.48. The summed E-state index contributed by atoms with van der Waals surface area (Å²) in [6.45, 7) is 5.83. The van der Waals surface area contributed by atoms with E-state index in [2.05, 4.69) is 11.8 Å². The van der Waals surface area contributed by atoms with Crippen LogP contribution in [0, 0.1) is 5.92 Å². The van der Waals surface area contributed by atoms with E-state index in [9.17, 15) is 4.79 Å². The fraction of sp³-hybridized carbons (Fsp3) is 0.929. The van der Waals surface area contributed by atoms with Gasteiger partial charge in [-0.3, -0.25) is 9.69 Å². The van der Waals surface area contributed by atoms with Gasteiger partial charge < -0.3 is 10.0 Å². The first kappa shape index (κ1) is 15.4. The van der Waals surface area contributed by atoms with Crippen LogP contribution < -0.4 is 0 Å².